The first-order valence-corrected chi connectivity index (χ1v) is 12.5. The highest BCUT2D eigenvalue weighted by Gasteiger charge is 2.58. The largest absolute Gasteiger partial charge is 0.393 e. The minimum Gasteiger partial charge on any atom is -0.393 e. The number of hydrogen-bond donors (Lipinski definition) is 1. The van der Waals surface area contributed by atoms with Gasteiger partial charge in [-0.1, -0.05) is 57.6 Å². The third-order valence-electron chi connectivity index (χ3n) is 10.2. The molecule has 3 fully saturated rings. The van der Waals surface area contributed by atoms with Gasteiger partial charge in [0.15, 0.2) is 0 Å². The summed E-state index contributed by atoms with van der Waals surface area (Å²) in [5.74, 6) is 4.65. The molecule has 1 unspecified atom stereocenters. The molecule has 0 amide bonds. The first kappa shape index (κ1) is 21.4. The highest BCUT2D eigenvalue weighted by molar-refractivity contribution is 5.25. The lowest BCUT2D eigenvalue weighted by atomic mass is 9.47. The molecule has 0 aromatic rings. The number of fused-ring (bicyclic) bond motifs is 5. The van der Waals surface area contributed by atoms with Crippen LogP contribution in [0.1, 0.15) is 85.5 Å². The third-order valence-corrected chi connectivity index (χ3v) is 10.2. The molecule has 4 aliphatic rings. The highest BCUT2D eigenvalue weighted by Crippen LogP contribution is 2.67. The molecule has 3 saturated carbocycles. The topological polar surface area (TPSA) is 20.2 Å². The van der Waals surface area contributed by atoms with E-state index >= 15 is 0 Å². The Balaban J connectivity index is 1.53. The second-order valence-corrected chi connectivity index (χ2v) is 11.4. The second kappa shape index (κ2) is 8.03. The average molecular weight is 397 g/mol. The van der Waals surface area contributed by atoms with Gasteiger partial charge in [-0.15, -0.1) is 6.58 Å². The molecule has 1 nitrogen and oxygen atoms in total. The summed E-state index contributed by atoms with van der Waals surface area (Å²) in [6.07, 6.45) is 20.7. The fraction of sp³-hybridized carbons (Fsp3) is 0.786. The summed E-state index contributed by atoms with van der Waals surface area (Å²) in [5.41, 5.74) is 2.48. The Morgan fingerprint density at radius 2 is 1.93 bits per heavy atom. The van der Waals surface area contributed by atoms with Crippen molar-refractivity contribution in [1.29, 1.82) is 0 Å². The van der Waals surface area contributed by atoms with Crippen molar-refractivity contribution in [2.75, 3.05) is 0 Å². The van der Waals surface area contributed by atoms with Crippen molar-refractivity contribution < 1.29 is 5.11 Å². The maximum atomic E-state index is 10.2. The van der Waals surface area contributed by atoms with Crippen molar-refractivity contribution in [3.05, 3.63) is 36.5 Å². The quantitative estimate of drug-likeness (QED) is 0.482. The molecule has 0 aliphatic heterocycles. The van der Waals surface area contributed by atoms with Gasteiger partial charge in [0.25, 0.3) is 0 Å². The van der Waals surface area contributed by atoms with E-state index in [2.05, 4.69) is 58.6 Å². The summed E-state index contributed by atoms with van der Waals surface area (Å²) < 4.78 is 0. The van der Waals surface area contributed by atoms with Gasteiger partial charge >= 0.3 is 0 Å². The van der Waals surface area contributed by atoms with E-state index in [0.717, 1.165) is 42.9 Å². The molecule has 0 bridgehead atoms. The molecule has 4 aliphatic carbocycles. The van der Waals surface area contributed by atoms with Crippen LogP contribution < -0.4 is 0 Å². The maximum absolute atomic E-state index is 10.2. The second-order valence-electron chi connectivity index (χ2n) is 11.4. The Morgan fingerprint density at radius 3 is 2.66 bits per heavy atom. The van der Waals surface area contributed by atoms with E-state index in [9.17, 15) is 5.11 Å². The van der Waals surface area contributed by atoms with Crippen molar-refractivity contribution in [3.8, 4) is 0 Å². The van der Waals surface area contributed by atoms with Gasteiger partial charge in [0.2, 0.25) is 0 Å². The molecule has 1 heteroatoms. The zero-order chi connectivity index (χ0) is 20.8. The van der Waals surface area contributed by atoms with Crippen molar-refractivity contribution >= 4 is 0 Å². The van der Waals surface area contributed by atoms with Gasteiger partial charge in [0.05, 0.1) is 6.10 Å². The van der Waals surface area contributed by atoms with E-state index in [1.54, 1.807) is 5.57 Å². The smallest absolute Gasteiger partial charge is 0.0577 e. The molecule has 4 rings (SSSR count). The van der Waals surface area contributed by atoms with Crippen LogP contribution in [0, 0.1) is 46.3 Å². The van der Waals surface area contributed by atoms with Gasteiger partial charge < -0.3 is 5.11 Å². The van der Waals surface area contributed by atoms with E-state index in [-0.39, 0.29) is 6.10 Å². The van der Waals surface area contributed by atoms with Crippen LogP contribution in [0.15, 0.2) is 36.5 Å². The number of allylic oxidation sites excluding steroid dienone is 4. The molecule has 0 heterocycles. The first-order chi connectivity index (χ1) is 13.8. The van der Waals surface area contributed by atoms with Crippen molar-refractivity contribution in [3.63, 3.8) is 0 Å². The molecule has 0 radical (unpaired) electrons. The maximum Gasteiger partial charge on any atom is 0.0577 e. The van der Waals surface area contributed by atoms with Crippen LogP contribution in [0.3, 0.4) is 0 Å². The Hall–Kier alpha value is -0.820. The van der Waals surface area contributed by atoms with Gasteiger partial charge in [-0.05, 0) is 104 Å². The zero-order valence-corrected chi connectivity index (χ0v) is 19.4. The minimum atomic E-state index is -0.0919. The molecular weight excluding hydrogens is 352 g/mol. The number of aliphatic hydroxyl groups excluding tert-OH is 1. The number of rotatable bonds is 5. The average Bonchev–Trinajstić information content (AvgIpc) is 3.06. The number of aliphatic hydroxyl groups is 1. The van der Waals surface area contributed by atoms with E-state index in [0.29, 0.717) is 22.7 Å². The SMILES string of the molecule is C=CC(/C=C/[C@@H](C)[C@H]1CC[C@H]2[C@@H]3CC=C4C[C@@H](O)CC[C@]4(C)[C@H]3CC[C@]12C)CC. The standard InChI is InChI=1S/C28H44O/c1-6-20(7-2)9-8-19(3)24-12-13-25-23-11-10-21-18-22(29)14-16-27(21,4)26(23)15-17-28(24,25)5/h6,8-10,19-20,22-26,29H,1,7,11-18H2,2-5H3/b9-8+/t19-,20?,22+,23+,24-,25+,26+,27+,28-/m1/s1. The lowest BCUT2D eigenvalue weighted by Crippen LogP contribution is -2.50. The van der Waals surface area contributed by atoms with E-state index < -0.39 is 0 Å². The molecule has 0 spiro atoms. The molecule has 1 N–H and O–H groups in total. The molecule has 0 saturated heterocycles. The van der Waals surface area contributed by atoms with Gasteiger partial charge in [0, 0.05) is 0 Å². The lowest BCUT2D eigenvalue weighted by Gasteiger charge is -2.58. The van der Waals surface area contributed by atoms with Crippen LogP contribution in [0.2, 0.25) is 0 Å². The monoisotopic (exact) mass is 396 g/mol. The van der Waals surface area contributed by atoms with Gasteiger partial charge in [0.1, 0.15) is 0 Å². The molecule has 29 heavy (non-hydrogen) atoms. The Morgan fingerprint density at radius 1 is 1.14 bits per heavy atom. The molecular formula is C28H44O. The predicted octanol–water partition coefficient (Wildman–Crippen LogP) is 7.33. The summed E-state index contributed by atoms with van der Waals surface area (Å²) in [6, 6.07) is 0. The Labute approximate surface area is 179 Å². The van der Waals surface area contributed by atoms with Crippen LogP contribution in [0.25, 0.3) is 0 Å². The summed E-state index contributed by atoms with van der Waals surface area (Å²) in [6.45, 7) is 13.9. The normalized spacial score (nSPS) is 46.4. The van der Waals surface area contributed by atoms with Crippen LogP contribution in [-0.4, -0.2) is 11.2 Å². The van der Waals surface area contributed by atoms with Crippen LogP contribution >= 0.6 is 0 Å². The Bertz CT molecular complexity index is 674. The fourth-order valence-corrected chi connectivity index (χ4v) is 8.38. The van der Waals surface area contributed by atoms with Crippen LogP contribution in [0.4, 0.5) is 0 Å². The van der Waals surface area contributed by atoms with Gasteiger partial charge in [-0.3, -0.25) is 0 Å². The van der Waals surface area contributed by atoms with Gasteiger partial charge in [-0.25, -0.2) is 0 Å². The van der Waals surface area contributed by atoms with Crippen molar-refractivity contribution in [2.24, 2.45) is 46.3 Å². The molecule has 9 atom stereocenters. The Kier molecular flexibility index (Phi) is 5.93. The highest BCUT2D eigenvalue weighted by atomic mass is 16.3. The minimum absolute atomic E-state index is 0.0919. The fourth-order valence-electron chi connectivity index (χ4n) is 8.38. The summed E-state index contributed by atoms with van der Waals surface area (Å²) in [4.78, 5) is 0. The van der Waals surface area contributed by atoms with Crippen molar-refractivity contribution in [2.45, 2.75) is 91.6 Å². The van der Waals surface area contributed by atoms with Crippen molar-refractivity contribution in [1.82, 2.24) is 0 Å². The van der Waals surface area contributed by atoms with Crippen LogP contribution in [0.5, 0.6) is 0 Å². The van der Waals surface area contributed by atoms with E-state index in [4.69, 9.17) is 0 Å². The number of hydrogen-bond acceptors (Lipinski definition) is 1. The van der Waals surface area contributed by atoms with Gasteiger partial charge in [-0.2, -0.15) is 0 Å². The van der Waals surface area contributed by atoms with Crippen LogP contribution in [-0.2, 0) is 0 Å². The molecule has 0 aromatic carbocycles. The predicted molar refractivity (Wildman–Crippen MR) is 123 cm³/mol. The van der Waals surface area contributed by atoms with E-state index in [1.807, 2.05) is 0 Å². The zero-order valence-electron chi connectivity index (χ0n) is 19.4. The third kappa shape index (κ3) is 3.50. The molecule has 162 valence electrons. The lowest BCUT2D eigenvalue weighted by molar-refractivity contribution is -0.0540. The van der Waals surface area contributed by atoms with E-state index in [1.165, 1.54) is 38.5 Å². The summed E-state index contributed by atoms with van der Waals surface area (Å²) >= 11 is 0. The summed E-state index contributed by atoms with van der Waals surface area (Å²) in [5, 5.41) is 10.2. The summed E-state index contributed by atoms with van der Waals surface area (Å²) in [7, 11) is 0. The first-order valence-electron chi connectivity index (χ1n) is 12.5. The molecule has 0 aromatic heterocycles.